The molecule has 122 valence electrons. The molecular weight excluding hydrogens is 308 g/mol. The molecule has 0 bridgehead atoms. The molecule has 0 saturated carbocycles. The fraction of sp³-hybridized carbons (Fsp3) is 0.667. The Balaban J connectivity index is 1.60. The van der Waals surface area contributed by atoms with Gasteiger partial charge in [0.2, 0.25) is 0 Å². The molecule has 0 radical (unpaired) electrons. The molecule has 0 aromatic carbocycles. The van der Waals surface area contributed by atoms with Gasteiger partial charge in [-0.1, -0.05) is 0 Å². The first-order valence-electron chi connectivity index (χ1n) is 7.67. The van der Waals surface area contributed by atoms with Gasteiger partial charge in [0.25, 0.3) is 5.91 Å². The third kappa shape index (κ3) is 3.81. The van der Waals surface area contributed by atoms with Crippen LogP contribution in [0, 0.1) is 5.92 Å². The maximum Gasteiger partial charge on any atom is 0.287 e. The zero-order chi connectivity index (χ0) is 15.4. The van der Waals surface area contributed by atoms with Crippen LogP contribution >= 0.6 is 11.6 Å². The van der Waals surface area contributed by atoms with Crippen molar-refractivity contribution in [1.82, 2.24) is 10.2 Å². The summed E-state index contributed by atoms with van der Waals surface area (Å²) in [4.78, 5) is 14.5. The van der Waals surface area contributed by atoms with Gasteiger partial charge in [-0.3, -0.25) is 9.69 Å². The van der Waals surface area contributed by atoms with Gasteiger partial charge in [-0.05, 0) is 30.2 Å². The Bertz CT molecular complexity index is 495. The Hall–Kier alpha value is -1.08. The number of carbonyl (C=O) groups is 1. The summed E-state index contributed by atoms with van der Waals surface area (Å²) < 4.78 is 16.1. The maximum atomic E-state index is 12.1. The lowest BCUT2D eigenvalue weighted by Crippen LogP contribution is -2.52. The lowest BCUT2D eigenvalue weighted by Gasteiger charge is -2.37. The van der Waals surface area contributed by atoms with Crippen molar-refractivity contribution in [2.75, 3.05) is 46.1 Å². The van der Waals surface area contributed by atoms with Gasteiger partial charge >= 0.3 is 0 Å². The lowest BCUT2D eigenvalue weighted by atomic mass is 9.97. The third-order valence-corrected chi connectivity index (χ3v) is 4.50. The molecule has 2 aliphatic heterocycles. The first-order chi connectivity index (χ1) is 10.7. The standard InChI is InChI=1S/C15H21ClN2O4/c16-14-2-1-13(22-14)15(19)17-9-12(11-3-6-21-10-11)18-4-7-20-8-5-18/h1-2,11-12H,3-10H2,(H,17,19)/t11-,12-/m0/s1. The van der Waals surface area contributed by atoms with E-state index < -0.39 is 0 Å². The van der Waals surface area contributed by atoms with E-state index in [9.17, 15) is 4.79 Å². The zero-order valence-corrected chi connectivity index (χ0v) is 13.2. The molecule has 3 heterocycles. The highest BCUT2D eigenvalue weighted by Crippen LogP contribution is 2.22. The van der Waals surface area contributed by atoms with Crippen LogP contribution in [-0.4, -0.2) is 62.9 Å². The van der Waals surface area contributed by atoms with E-state index in [1.54, 1.807) is 12.1 Å². The monoisotopic (exact) mass is 328 g/mol. The molecule has 6 nitrogen and oxygen atoms in total. The van der Waals surface area contributed by atoms with E-state index in [-0.39, 0.29) is 22.9 Å². The predicted molar refractivity (Wildman–Crippen MR) is 81.2 cm³/mol. The average molecular weight is 329 g/mol. The molecule has 7 heteroatoms. The van der Waals surface area contributed by atoms with Crippen molar-refractivity contribution in [2.45, 2.75) is 12.5 Å². The summed E-state index contributed by atoms with van der Waals surface area (Å²) in [5, 5.41) is 3.18. The number of hydrogen-bond acceptors (Lipinski definition) is 5. The Morgan fingerprint density at radius 3 is 2.77 bits per heavy atom. The van der Waals surface area contributed by atoms with E-state index in [2.05, 4.69) is 10.2 Å². The fourth-order valence-corrected chi connectivity index (χ4v) is 3.23. The largest absolute Gasteiger partial charge is 0.440 e. The molecule has 22 heavy (non-hydrogen) atoms. The summed E-state index contributed by atoms with van der Waals surface area (Å²) in [5.41, 5.74) is 0. The highest BCUT2D eigenvalue weighted by molar-refractivity contribution is 6.29. The average Bonchev–Trinajstić information content (AvgIpc) is 3.20. The molecule has 0 unspecified atom stereocenters. The van der Waals surface area contributed by atoms with Crippen LogP contribution in [0.5, 0.6) is 0 Å². The first-order valence-corrected chi connectivity index (χ1v) is 8.05. The summed E-state index contributed by atoms with van der Waals surface area (Å²) in [7, 11) is 0. The molecule has 0 spiro atoms. The summed E-state index contributed by atoms with van der Waals surface area (Å²) in [6.07, 6.45) is 1.03. The number of hydrogen-bond donors (Lipinski definition) is 1. The van der Waals surface area contributed by atoms with Gasteiger partial charge in [-0.15, -0.1) is 0 Å². The Morgan fingerprint density at radius 2 is 2.14 bits per heavy atom. The van der Waals surface area contributed by atoms with E-state index in [0.29, 0.717) is 12.5 Å². The Kier molecular flexibility index (Phi) is 5.36. The summed E-state index contributed by atoms with van der Waals surface area (Å²) in [6.45, 7) is 5.40. The number of ether oxygens (including phenoxy) is 2. The zero-order valence-electron chi connectivity index (χ0n) is 12.4. The highest BCUT2D eigenvalue weighted by atomic mass is 35.5. The second-order valence-corrected chi connectivity index (χ2v) is 6.03. The van der Waals surface area contributed by atoms with Crippen molar-refractivity contribution in [3.8, 4) is 0 Å². The maximum absolute atomic E-state index is 12.1. The van der Waals surface area contributed by atoms with Crippen LogP contribution in [0.3, 0.4) is 0 Å². The van der Waals surface area contributed by atoms with Gasteiger partial charge in [0.15, 0.2) is 11.0 Å². The Labute approximate surface area is 134 Å². The van der Waals surface area contributed by atoms with E-state index in [1.807, 2.05) is 0 Å². The van der Waals surface area contributed by atoms with Crippen molar-refractivity contribution in [2.24, 2.45) is 5.92 Å². The molecule has 1 aromatic heterocycles. The van der Waals surface area contributed by atoms with Crippen LogP contribution in [0.15, 0.2) is 16.5 Å². The number of amides is 1. The third-order valence-electron chi connectivity index (χ3n) is 4.29. The SMILES string of the molecule is O=C(NC[C@@H]([C@H]1CCOC1)N1CCOCC1)c1ccc(Cl)o1. The molecule has 2 atom stereocenters. The van der Waals surface area contributed by atoms with Gasteiger partial charge in [0.05, 0.1) is 19.8 Å². The van der Waals surface area contributed by atoms with E-state index >= 15 is 0 Å². The summed E-state index contributed by atoms with van der Waals surface area (Å²) in [5.74, 6) is 0.455. The molecule has 2 aliphatic rings. The van der Waals surface area contributed by atoms with Gasteiger partial charge < -0.3 is 19.2 Å². The number of morpholine rings is 1. The normalized spacial score (nSPS) is 24.3. The van der Waals surface area contributed by atoms with Crippen molar-refractivity contribution in [1.29, 1.82) is 0 Å². The van der Waals surface area contributed by atoms with Crippen molar-refractivity contribution in [3.63, 3.8) is 0 Å². The van der Waals surface area contributed by atoms with E-state index in [4.69, 9.17) is 25.5 Å². The Morgan fingerprint density at radius 1 is 1.32 bits per heavy atom. The van der Waals surface area contributed by atoms with Crippen LogP contribution in [0.4, 0.5) is 0 Å². The quantitative estimate of drug-likeness (QED) is 0.885. The molecule has 3 rings (SSSR count). The molecule has 1 amide bonds. The fourth-order valence-electron chi connectivity index (χ4n) is 3.08. The minimum Gasteiger partial charge on any atom is -0.440 e. The molecule has 2 saturated heterocycles. The molecular formula is C15H21ClN2O4. The topological polar surface area (TPSA) is 63.9 Å². The second-order valence-electron chi connectivity index (χ2n) is 5.65. The molecule has 0 aliphatic carbocycles. The van der Waals surface area contributed by atoms with Crippen molar-refractivity contribution < 1.29 is 18.7 Å². The van der Waals surface area contributed by atoms with Crippen LogP contribution in [-0.2, 0) is 9.47 Å². The smallest absolute Gasteiger partial charge is 0.287 e. The summed E-state index contributed by atoms with van der Waals surface area (Å²) in [6, 6.07) is 3.42. The van der Waals surface area contributed by atoms with Crippen LogP contribution in [0.1, 0.15) is 17.0 Å². The van der Waals surface area contributed by atoms with Crippen LogP contribution in [0.25, 0.3) is 0 Å². The van der Waals surface area contributed by atoms with Crippen LogP contribution < -0.4 is 5.32 Å². The summed E-state index contributed by atoms with van der Waals surface area (Å²) >= 11 is 5.71. The molecule has 2 fully saturated rings. The first kappa shape index (κ1) is 15.8. The lowest BCUT2D eigenvalue weighted by molar-refractivity contribution is 0.00160. The highest BCUT2D eigenvalue weighted by Gasteiger charge is 2.32. The number of rotatable bonds is 5. The molecule has 1 aromatic rings. The minimum atomic E-state index is -0.232. The minimum absolute atomic E-state index is 0.221. The van der Waals surface area contributed by atoms with E-state index in [0.717, 1.165) is 45.9 Å². The van der Waals surface area contributed by atoms with Gasteiger partial charge in [-0.25, -0.2) is 0 Å². The van der Waals surface area contributed by atoms with E-state index in [1.165, 1.54) is 0 Å². The number of nitrogens with zero attached hydrogens (tertiary/aromatic N) is 1. The van der Waals surface area contributed by atoms with Crippen molar-refractivity contribution in [3.05, 3.63) is 23.1 Å². The number of nitrogens with one attached hydrogen (secondary N) is 1. The van der Waals surface area contributed by atoms with Gasteiger partial charge in [0.1, 0.15) is 0 Å². The second kappa shape index (κ2) is 7.46. The number of furan rings is 1. The molecule has 1 N–H and O–H groups in total. The van der Waals surface area contributed by atoms with Crippen LogP contribution in [0.2, 0.25) is 5.22 Å². The predicted octanol–water partition coefficient (Wildman–Crippen LogP) is 1.40. The van der Waals surface area contributed by atoms with Gasteiger partial charge in [-0.2, -0.15) is 0 Å². The number of halogens is 1. The van der Waals surface area contributed by atoms with Crippen molar-refractivity contribution >= 4 is 17.5 Å². The number of carbonyl (C=O) groups excluding carboxylic acids is 1. The van der Waals surface area contributed by atoms with Gasteiger partial charge in [0, 0.05) is 38.2 Å².